The summed E-state index contributed by atoms with van der Waals surface area (Å²) in [6.45, 7) is 11.7. The number of hydrogen-bond donors (Lipinski definition) is 2. The van der Waals surface area contributed by atoms with Crippen LogP contribution in [0.15, 0.2) is 22.8 Å². The number of aromatic nitrogens is 2. The van der Waals surface area contributed by atoms with Crippen LogP contribution in [0, 0.1) is 23.1 Å². The van der Waals surface area contributed by atoms with Crippen LogP contribution in [-0.2, 0) is 15.8 Å². The van der Waals surface area contributed by atoms with Crippen molar-refractivity contribution in [2.75, 3.05) is 18.5 Å². The van der Waals surface area contributed by atoms with Crippen LogP contribution in [0.4, 0.5) is 15.9 Å². The molecule has 1 saturated heterocycles. The number of ether oxygens (including phenoxy) is 1. The first-order chi connectivity index (χ1) is 15.8. The predicted octanol–water partition coefficient (Wildman–Crippen LogP) is 5.25. The lowest BCUT2D eigenvalue weighted by Gasteiger charge is -2.36. The van der Waals surface area contributed by atoms with E-state index < -0.39 is 20.0 Å². The second-order valence-electron chi connectivity index (χ2n) is 10.0. The van der Waals surface area contributed by atoms with E-state index >= 15 is 0 Å². The second kappa shape index (κ2) is 10.2. The molecule has 0 bridgehead atoms. The molecule has 8 nitrogen and oxygen atoms in total. The number of halogens is 2. The number of nitrogens with two attached hydrogens (primary N) is 1. The minimum Gasteiger partial charge on any atom is -0.413 e. The number of primary amides is 1. The first kappa shape index (κ1) is 26.3. The highest BCUT2D eigenvalue weighted by Gasteiger charge is 2.37. The minimum absolute atomic E-state index is 0.0151. The van der Waals surface area contributed by atoms with Gasteiger partial charge in [-0.2, -0.15) is 10.4 Å². The molecule has 0 radical (unpaired) electrons. The Labute approximate surface area is 208 Å². The standard InChI is InChI=1S/C23H31BrFN5O3Si/c1-23(2,3)34(4,5)33-12-15-8-16(9-18(25)20(15)24)28-22-17(21(27)31)11-30(29-22)19-13-32-7-6-14(19)10-26/h8-9,11,14,19H,6-7,12-13H2,1-5H3,(H2,27,31)(H,28,29)/t14?,19-/m0/s1. The molecule has 34 heavy (non-hydrogen) atoms. The van der Waals surface area contributed by atoms with Gasteiger partial charge >= 0.3 is 0 Å². The molecule has 1 aliphatic heterocycles. The van der Waals surface area contributed by atoms with E-state index in [9.17, 15) is 14.4 Å². The third-order valence-corrected chi connectivity index (χ3v) is 12.0. The molecule has 3 rings (SSSR count). The monoisotopic (exact) mass is 551 g/mol. The Kier molecular flexibility index (Phi) is 7.87. The van der Waals surface area contributed by atoms with E-state index in [1.807, 2.05) is 0 Å². The Balaban J connectivity index is 1.90. The molecule has 184 valence electrons. The quantitative estimate of drug-likeness (QED) is 0.454. The number of carbonyl (C=O) groups is 1. The van der Waals surface area contributed by atoms with Gasteiger partial charge in [0.25, 0.3) is 5.91 Å². The van der Waals surface area contributed by atoms with Crippen LogP contribution in [0.1, 0.15) is 49.2 Å². The molecule has 2 aromatic rings. The average molecular weight is 553 g/mol. The molecule has 1 unspecified atom stereocenters. The molecule has 2 atom stereocenters. The Bertz CT molecular complexity index is 1110. The van der Waals surface area contributed by atoms with Crippen molar-refractivity contribution in [1.82, 2.24) is 9.78 Å². The van der Waals surface area contributed by atoms with E-state index in [4.69, 9.17) is 14.9 Å². The van der Waals surface area contributed by atoms with Gasteiger partial charge in [-0.25, -0.2) is 4.39 Å². The van der Waals surface area contributed by atoms with Gasteiger partial charge < -0.3 is 20.2 Å². The van der Waals surface area contributed by atoms with Crippen molar-refractivity contribution < 1.29 is 18.3 Å². The van der Waals surface area contributed by atoms with Crippen molar-refractivity contribution in [1.29, 1.82) is 5.26 Å². The molecule has 11 heteroatoms. The van der Waals surface area contributed by atoms with Crippen molar-refractivity contribution >= 4 is 41.7 Å². The number of nitrogens with one attached hydrogen (secondary N) is 1. The van der Waals surface area contributed by atoms with Crippen molar-refractivity contribution in [2.45, 2.75) is 58.0 Å². The summed E-state index contributed by atoms with van der Waals surface area (Å²) in [5.74, 6) is -1.26. The van der Waals surface area contributed by atoms with Gasteiger partial charge in [-0.3, -0.25) is 9.48 Å². The van der Waals surface area contributed by atoms with E-state index in [1.165, 1.54) is 16.9 Å². The van der Waals surface area contributed by atoms with Crippen molar-refractivity contribution in [2.24, 2.45) is 11.7 Å². The Morgan fingerprint density at radius 3 is 2.79 bits per heavy atom. The highest BCUT2D eigenvalue weighted by atomic mass is 79.9. The van der Waals surface area contributed by atoms with Crippen LogP contribution >= 0.6 is 15.9 Å². The first-order valence-electron chi connectivity index (χ1n) is 11.1. The van der Waals surface area contributed by atoms with E-state index in [-0.39, 0.29) is 35.0 Å². The molecule has 1 aliphatic rings. The number of nitriles is 1. The predicted molar refractivity (Wildman–Crippen MR) is 134 cm³/mol. The van der Waals surface area contributed by atoms with Crippen molar-refractivity contribution in [3.05, 3.63) is 39.7 Å². The maximum Gasteiger partial charge on any atom is 0.254 e. The van der Waals surface area contributed by atoms with Gasteiger partial charge in [0.05, 0.1) is 35.7 Å². The largest absolute Gasteiger partial charge is 0.413 e. The number of benzene rings is 1. The maximum atomic E-state index is 14.7. The highest BCUT2D eigenvalue weighted by Crippen LogP contribution is 2.38. The molecule has 1 fully saturated rings. The number of anilines is 2. The van der Waals surface area contributed by atoms with Crippen LogP contribution in [-0.4, -0.2) is 37.2 Å². The Morgan fingerprint density at radius 1 is 1.47 bits per heavy atom. The van der Waals surface area contributed by atoms with Crippen molar-refractivity contribution in [3.63, 3.8) is 0 Å². The fourth-order valence-electron chi connectivity index (χ4n) is 3.40. The summed E-state index contributed by atoms with van der Waals surface area (Å²) < 4.78 is 28.4. The fourth-order valence-corrected chi connectivity index (χ4v) is 4.70. The van der Waals surface area contributed by atoms with Gasteiger partial charge in [-0.1, -0.05) is 20.8 Å². The molecule has 3 N–H and O–H groups in total. The van der Waals surface area contributed by atoms with Gasteiger partial charge in [0.15, 0.2) is 14.1 Å². The lowest BCUT2D eigenvalue weighted by atomic mass is 9.97. The summed E-state index contributed by atoms with van der Waals surface area (Å²) >= 11 is 3.32. The zero-order valence-electron chi connectivity index (χ0n) is 20.1. The maximum absolute atomic E-state index is 14.7. The third kappa shape index (κ3) is 5.68. The van der Waals surface area contributed by atoms with Gasteiger partial charge in [-0.15, -0.1) is 0 Å². The van der Waals surface area contributed by atoms with Crippen LogP contribution in [0.5, 0.6) is 0 Å². The zero-order chi connectivity index (χ0) is 25.3. The van der Waals surface area contributed by atoms with Gasteiger partial charge in [0.2, 0.25) is 0 Å². The van der Waals surface area contributed by atoms with E-state index in [0.29, 0.717) is 35.4 Å². The van der Waals surface area contributed by atoms with E-state index in [0.717, 1.165) is 0 Å². The summed E-state index contributed by atoms with van der Waals surface area (Å²) in [4.78, 5) is 12.1. The lowest BCUT2D eigenvalue weighted by Crippen LogP contribution is -2.40. The number of rotatable bonds is 7. The SMILES string of the molecule is CC(C)(C)[Si](C)(C)OCc1cc(Nc2nn([C@H]3COCCC3C#N)cc2C(N)=O)cc(F)c1Br. The molecule has 1 aromatic carbocycles. The molecule has 2 heterocycles. The number of hydrogen-bond acceptors (Lipinski definition) is 6. The zero-order valence-corrected chi connectivity index (χ0v) is 22.7. The van der Waals surface area contributed by atoms with Gasteiger partial charge in [0.1, 0.15) is 11.4 Å². The molecular weight excluding hydrogens is 521 g/mol. The molecule has 0 aliphatic carbocycles. The minimum atomic E-state index is -2.05. The smallest absolute Gasteiger partial charge is 0.254 e. The van der Waals surface area contributed by atoms with E-state index in [1.54, 1.807) is 6.07 Å². The molecule has 0 spiro atoms. The Hall–Kier alpha value is -2.26. The summed E-state index contributed by atoms with van der Waals surface area (Å²) in [5, 5.41) is 17.0. The summed E-state index contributed by atoms with van der Waals surface area (Å²) in [6.07, 6.45) is 2.08. The summed E-state index contributed by atoms with van der Waals surface area (Å²) in [6, 6.07) is 5.00. The number of carbonyl (C=O) groups excluding carboxylic acids is 1. The average Bonchev–Trinajstić information content (AvgIpc) is 3.18. The summed E-state index contributed by atoms with van der Waals surface area (Å²) in [7, 11) is -2.05. The van der Waals surface area contributed by atoms with Gasteiger partial charge in [-0.05, 0) is 58.2 Å². The van der Waals surface area contributed by atoms with Crippen LogP contribution in [0.3, 0.4) is 0 Å². The molecular formula is C23H31BrFN5O3Si. The van der Waals surface area contributed by atoms with Gasteiger partial charge in [0, 0.05) is 18.5 Å². The summed E-state index contributed by atoms with van der Waals surface area (Å²) in [5.41, 5.74) is 6.75. The van der Waals surface area contributed by atoms with Crippen LogP contribution < -0.4 is 11.1 Å². The third-order valence-electron chi connectivity index (χ3n) is 6.59. The van der Waals surface area contributed by atoms with Crippen molar-refractivity contribution in [3.8, 4) is 6.07 Å². The molecule has 1 amide bonds. The first-order valence-corrected chi connectivity index (χ1v) is 14.8. The second-order valence-corrected chi connectivity index (χ2v) is 15.6. The lowest BCUT2D eigenvalue weighted by molar-refractivity contribution is 0.0342. The van der Waals surface area contributed by atoms with E-state index in [2.05, 4.69) is 66.3 Å². The van der Waals surface area contributed by atoms with Crippen LogP contribution in [0.2, 0.25) is 18.1 Å². The fraction of sp³-hybridized carbons (Fsp3) is 0.522. The highest BCUT2D eigenvalue weighted by molar-refractivity contribution is 9.10. The topological polar surface area (TPSA) is 115 Å². The number of nitrogens with zero attached hydrogens (tertiary/aromatic N) is 3. The molecule has 1 aromatic heterocycles. The normalized spacial score (nSPS) is 19.0. The molecule has 0 saturated carbocycles. The Morgan fingerprint density at radius 2 is 2.18 bits per heavy atom. The number of amides is 1. The van der Waals surface area contributed by atoms with Crippen LogP contribution in [0.25, 0.3) is 0 Å².